The molecule has 0 aliphatic carbocycles. The van der Waals surface area contributed by atoms with Crippen molar-refractivity contribution >= 4 is 29.3 Å². The molecule has 0 unspecified atom stereocenters. The lowest BCUT2D eigenvalue weighted by Crippen LogP contribution is -2.32. The van der Waals surface area contributed by atoms with Crippen molar-refractivity contribution in [2.24, 2.45) is 5.84 Å². The fraction of sp³-hybridized carbons (Fsp3) is 0.444. The number of hydrazine groups is 1. The highest BCUT2D eigenvalue weighted by Gasteiger charge is 2.35. The van der Waals surface area contributed by atoms with Crippen LogP contribution in [0.1, 0.15) is 47.2 Å². The van der Waals surface area contributed by atoms with Crippen LogP contribution < -0.4 is 21.9 Å². The molecule has 0 spiro atoms. The van der Waals surface area contributed by atoms with Gasteiger partial charge in [-0.25, -0.2) is 10.8 Å². The molecule has 0 radical (unpaired) electrons. The van der Waals surface area contributed by atoms with E-state index in [4.69, 9.17) is 23.2 Å². The predicted octanol–water partition coefficient (Wildman–Crippen LogP) is 1.77. The lowest BCUT2D eigenvalue weighted by molar-refractivity contribution is -0.121. The topological polar surface area (TPSA) is 123 Å². The number of nitrogens with zero attached hydrogens (tertiary/aromatic N) is 4. The van der Waals surface area contributed by atoms with Crippen molar-refractivity contribution in [3.05, 3.63) is 39.3 Å². The highest BCUT2D eigenvalue weighted by Crippen LogP contribution is 2.41. The van der Waals surface area contributed by atoms with Gasteiger partial charge in [0.15, 0.2) is 0 Å². The Balaban J connectivity index is 1.97. The molecule has 1 aliphatic heterocycles. The molecule has 5 N–H and O–H groups in total. The lowest BCUT2D eigenvalue weighted by atomic mass is 10.00. The van der Waals surface area contributed by atoms with Crippen molar-refractivity contribution in [1.82, 2.24) is 20.4 Å². The molecular weight excluding hydrogens is 366 g/mol. The van der Waals surface area contributed by atoms with Gasteiger partial charge in [0.2, 0.25) is 11.9 Å². The number of nitrogen functional groups attached to an aromatic ring is 1. The van der Waals surface area contributed by atoms with E-state index in [0.717, 1.165) is 17.7 Å². The van der Waals surface area contributed by atoms with Crippen molar-refractivity contribution in [3.63, 3.8) is 0 Å². The Kier molecular flexibility index (Phi) is 5.48. The van der Waals surface area contributed by atoms with E-state index in [0.29, 0.717) is 18.9 Å². The van der Waals surface area contributed by atoms with Crippen molar-refractivity contribution in [1.29, 1.82) is 0 Å². The number of fused-ring (bicyclic) bond motifs is 1. The van der Waals surface area contributed by atoms with Crippen LogP contribution in [0.25, 0.3) is 0 Å². The summed E-state index contributed by atoms with van der Waals surface area (Å²) in [5.74, 6) is 5.59. The van der Waals surface area contributed by atoms with Gasteiger partial charge in [0, 0.05) is 30.6 Å². The van der Waals surface area contributed by atoms with Crippen molar-refractivity contribution in [2.75, 3.05) is 17.2 Å². The van der Waals surface area contributed by atoms with E-state index >= 15 is 0 Å². The zero-order valence-electron chi connectivity index (χ0n) is 15.7. The fourth-order valence-corrected chi connectivity index (χ4v) is 4.10. The first-order valence-electron chi connectivity index (χ1n) is 8.86. The van der Waals surface area contributed by atoms with E-state index in [1.807, 2.05) is 6.20 Å². The minimum atomic E-state index is -0.265. The van der Waals surface area contributed by atoms with Crippen LogP contribution in [0.5, 0.6) is 0 Å². The Hall–Kier alpha value is -2.45. The summed E-state index contributed by atoms with van der Waals surface area (Å²) in [6, 6.07) is 0. The van der Waals surface area contributed by atoms with E-state index in [-0.39, 0.29) is 29.3 Å². The zero-order chi connectivity index (χ0) is 19.7. The maximum Gasteiger partial charge on any atom is 0.234 e. The van der Waals surface area contributed by atoms with Gasteiger partial charge in [-0.3, -0.25) is 15.2 Å². The van der Waals surface area contributed by atoms with E-state index in [1.165, 1.54) is 16.7 Å². The van der Waals surface area contributed by atoms with E-state index in [2.05, 4.69) is 46.0 Å². The third-order valence-electron chi connectivity index (χ3n) is 5.11. The Morgan fingerprint density at radius 3 is 2.81 bits per heavy atom. The van der Waals surface area contributed by atoms with E-state index < -0.39 is 0 Å². The van der Waals surface area contributed by atoms with Crippen LogP contribution >= 0.6 is 11.6 Å². The van der Waals surface area contributed by atoms with Crippen LogP contribution in [-0.4, -0.2) is 27.4 Å². The molecule has 0 fully saturated rings. The van der Waals surface area contributed by atoms with Crippen molar-refractivity contribution in [2.45, 2.75) is 46.1 Å². The molecule has 2 aromatic rings. The monoisotopic (exact) mass is 389 g/mol. The normalized spacial score (nSPS) is 15.7. The number of nitrogens with one attached hydrogen (secondary N) is 1. The third-order valence-corrected chi connectivity index (χ3v) is 5.40. The second-order valence-electron chi connectivity index (χ2n) is 6.80. The lowest BCUT2D eigenvalue weighted by Gasteiger charge is -2.21. The average molecular weight is 390 g/mol. The first-order valence-corrected chi connectivity index (χ1v) is 9.24. The van der Waals surface area contributed by atoms with Crippen molar-refractivity contribution in [3.8, 4) is 0 Å². The van der Waals surface area contributed by atoms with Crippen LogP contribution in [-0.2, 0) is 17.8 Å². The number of rotatable bonds is 5. The summed E-state index contributed by atoms with van der Waals surface area (Å²) < 4.78 is 0. The molecule has 0 bridgehead atoms. The number of carbonyl (C=O) groups is 1. The van der Waals surface area contributed by atoms with Gasteiger partial charge in [-0.05, 0) is 37.0 Å². The second-order valence-corrected chi connectivity index (χ2v) is 7.16. The number of anilines is 2. The predicted molar refractivity (Wildman–Crippen MR) is 105 cm³/mol. The van der Waals surface area contributed by atoms with E-state index in [1.54, 1.807) is 0 Å². The number of amides is 1. The van der Waals surface area contributed by atoms with Gasteiger partial charge in [-0.15, -0.1) is 0 Å². The summed E-state index contributed by atoms with van der Waals surface area (Å²) in [4.78, 5) is 26.9. The number of hydrogen-bond acceptors (Lipinski definition) is 7. The molecule has 1 amide bonds. The van der Waals surface area contributed by atoms with E-state index in [9.17, 15) is 4.79 Å². The van der Waals surface area contributed by atoms with Gasteiger partial charge in [0.05, 0.1) is 12.2 Å². The molecule has 9 heteroatoms. The van der Waals surface area contributed by atoms with Crippen LogP contribution in [0.2, 0.25) is 5.15 Å². The minimum Gasteiger partial charge on any atom is -0.368 e. The second kappa shape index (κ2) is 7.66. The summed E-state index contributed by atoms with van der Waals surface area (Å²) in [5.41, 5.74) is 13.3. The molecule has 3 rings (SSSR count). The third kappa shape index (κ3) is 3.68. The molecule has 0 saturated heterocycles. The van der Waals surface area contributed by atoms with Gasteiger partial charge in [0.25, 0.3) is 0 Å². The number of aromatic nitrogens is 3. The van der Waals surface area contributed by atoms with Gasteiger partial charge in [-0.1, -0.05) is 18.5 Å². The molecule has 3 heterocycles. The zero-order valence-corrected chi connectivity index (χ0v) is 16.5. The largest absolute Gasteiger partial charge is 0.368 e. The average Bonchev–Trinajstić information content (AvgIpc) is 2.95. The number of carbonyl (C=O) groups excluding carboxylic acids is 1. The molecule has 27 heavy (non-hydrogen) atoms. The maximum atomic E-state index is 11.8. The number of pyridine rings is 1. The Morgan fingerprint density at radius 2 is 2.15 bits per heavy atom. The quantitative estimate of drug-likeness (QED) is 0.308. The highest BCUT2D eigenvalue weighted by molar-refractivity contribution is 6.30. The molecule has 144 valence electrons. The summed E-state index contributed by atoms with van der Waals surface area (Å²) in [5, 5.41) is 0.276. The molecular formula is C18H24ClN7O. The number of aryl methyl sites for hydroxylation is 1. The minimum absolute atomic E-state index is 0.107. The van der Waals surface area contributed by atoms with Gasteiger partial charge in [-0.2, -0.15) is 4.98 Å². The van der Waals surface area contributed by atoms with Gasteiger partial charge < -0.3 is 10.6 Å². The maximum absolute atomic E-state index is 11.8. The first-order chi connectivity index (χ1) is 12.8. The van der Waals surface area contributed by atoms with Crippen LogP contribution in [0.4, 0.5) is 11.8 Å². The highest BCUT2D eigenvalue weighted by atomic mass is 35.5. The van der Waals surface area contributed by atoms with Gasteiger partial charge >= 0.3 is 0 Å². The van der Waals surface area contributed by atoms with Crippen LogP contribution in [0.3, 0.4) is 0 Å². The SMILES string of the molecule is CCc1c(C)cnc(CN2C[C@@H](CC(=O)NN)c3c(Cl)nc(N)nc32)c1C. The smallest absolute Gasteiger partial charge is 0.234 e. The fourth-order valence-electron chi connectivity index (χ4n) is 3.78. The van der Waals surface area contributed by atoms with Gasteiger partial charge in [0.1, 0.15) is 11.0 Å². The first kappa shape index (κ1) is 19.3. The summed E-state index contributed by atoms with van der Waals surface area (Å²) in [7, 11) is 0. The molecule has 0 aromatic carbocycles. The molecule has 1 aliphatic rings. The molecule has 0 saturated carbocycles. The standard InChI is InChI=1S/C18H24ClN7O/c1-4-12-9(2)6-22-13(10(12)3)8-26-7-11(5-14(27)25-21)15-16(19)23-18(20)24-17(15)26/h6,11H,4-5,7-8,21H2,1-3H3,(H,25,27)(H2,20,23,24)/t11-/m1/s1. The van der Waals surface area contributed by atoms with Crippen molar-refractivity contribution < 1.29 is 4.79 Å². The number of hydrogen-bond donors (Lipinski definition) is 3. The molecule has 2 aromatic heterocycles. The number of nitrogens with two attached hydrogens (primary N) is 2. The Labute approximate surface area is 163 Å². The number of halogens is 1. The summed E-state index contributed by atoms with van der Waals surface area (Å²) >= 11 is 6.33. The molecule has 1 atom stereocenters. The summed E-state index contributed by atoms with van der Waals surface area (Å²) in [6.07, 6.45) is 3.05. The summed E-state index contributed by atoms with van der Waals surface area (Å²) in [6.45, 7) is 7.42. The van der Waals surface area contributed by atoms with Crippen LogP contribution in [0.15, 0.2) is 6.20 Å². The van der Waals surface area contributed by atoms with Crippen LogP contribution in [0, 0.1) is 13.8 Å². The Morgan fingerprint density at radius 1 is 1.41 bits per heavy atom. The molecule has 8 nitrogen and oxygen atoms in total. The Bertz CT molecular complexity index is 886.